The van der Waals surface area contributed by atoms with Crippen molar-refractivity contribution in [2.45, 2.75) is 59.0 Å². The fourth-order valence-electron chi connectivity index (χ4n) is 2.27. The Morgan fingerprint density at radius 2 is 1.89 bits per heavy atom. The smallest absolute Gasteiger partial charge is 0.185 e. The topological polar surface area (TPSA) is 28.2 Å². The van der Waals surface area contributed by atoms with E-state index in [4.69, 9.17) is 4.98 Å². The Morgan fingerprint density at radius 1 is 1.22 bits per heavy atom. The summed E-state index contributed by atoms with van der Waals surface area (Å²) >= 11 is 1.87. The summed E-state index contributed by atoms with van der Waals surface area (Å²) in [6.45, 7) is 9.83. The van der Waals surface area contributed by atoms with Crippen LogP contribution in [0, 0.1) is 6.92 Å². The predicted octanol–water partition coefficient (Wildman–Crippen LogP) is 3.33. The number of nitrogens with one attached hydrogen (secondary N) is 1. The lowest BCUT2D eigenvalue weighted by Crippen LogP contribution is -2.23. The monoisotopic (exact) mass is 267 g/mol. The molecule has 4 heteroatoms. The number of aromatic nitrogens is 1. The van der Waals surface area contributed by atoms with Crippen molar-refractivity contribution in [1.82, 2.24) is 10.3 Å². The van der Waals surface area contributed by atoms with Crippen LogP contribution in [0.2, 0.25) is 0 Å². The first-order valence-electron chi connectivity index (χ1n) is 7.11. The molecule has 1 aliphatic rings. The summed E-state index contributed by atoms with van der Waals surface area (Å²) in [6.07, 6.45) is 5.39. The summed E-state index contributed by atoms with van der Waals surface area (Å²) in [4.78, 5) is 8.63. The van der Waals surface area contributed by atoms with Crippen LogP contribution in [0.25, 0.3) is 0 Å². The Labute approximate surface area is 115 Å². The molecule has 0 amide bonds. The third-order valence-electron chi connectivity index (χ3n) is 3.43. The molecule has 0 saturated carbocycles. The van der Waals surface area contributed by atoms with E-state index in [2.05, 4.69) is 31.0 Å². The van der Waals surface area contributed by atoms with Gasteiger partial charge in [-0.1, -0.05) is 26.7 Å². The second kappa shape index (κ2) is 6.53. The average Bonchev–Trinajstić information content (AvgIpc) is 2.55. The molecular weight excluding hydrogens is 242 g/mol. The van der Waals surface area contributed by atoms with Crippen molar-refractivity contribution in [1.29, 1.82) is 0 Å². The second-order valence-corrected chi connectivity index (χ2v) is 6.50. The summed E-state index contributed by atoms with van der Waals surface area (Å²) in [5.41, 5.74) is 1.20. The van der Waals surface area contributed by atoms with Crippen molar-refractivity contribution in [2.75, 3.05) is 18.0 Å². The highest BCUT2D eigenvalue weighted by atomic mass is 32.1. The highest BCUT2D eigenvalue weighted by Gasteiger charge is 2.15. The number of aryl methyl sites for hydroxylation is 1. The lowest BCUT2D eigenvalue weighted by molar-refractivity contribution is 0.591. The fourth-order valence-corrected chi connectivity index (χ4v) is 3.33. The third-order valence-corrected chi connectivity index (χ3v) is 4.65. The Bertz CT molecular complexity index is 365. The molecule has 1 saturated heterocycles. The lowest BCUT2D eigenvalue weighted by Gasteiger charge is -2.18. The average molecular weight is 267 g/mol. The van der Waals surface area contributed by atoms with Gasteiger partial charge >= 0.3 is 0 Å². The molecule has 3 nitrogen and oxygen atoms in total. The van der Waals surface area contributed by atoms with Crippen LogP contribution in [0.4, 0.5) is 5.13 Å². The molecule has 0 aromatic carbocycles. The largest absolute Gasteiger partial charge is 0.348 e. The number of nitrogens with zero attached hydrogens (tertiary/aromatic N) is 2. The van der Waals surface area contributed by atoms with Gasteiger partial charge in [0.05, 0.1) is 5.69 Å². The molecule has 18 heavy (non-hydrogen) atoms. The van der Waals surface area contributed by atoms with E-state index in [-0.39, 0.29) is 0 Å². The van der Waals surface area contributed by atoms with Gasteiger partial charge in [0.15, 0.2) is 5.13 Å². The van der Waals surface area contributed by atoms with Crippen molar-refractivity contribution >= 4 is 16.5 Å². The Balaban J connectivity index is 2.02. The van der Waals surface area contributed by atoms with Crippen molar-refractivity contribution in [3.8, 4) is 0 Å². The summed E-state index contributed by atoms with van der Waals surface area (Å²) in [7, 11) is 0. The summed E-state index contributed by atoms with van der Waals surface area (Å²) in [6, 6.07) is 0.535. The number of rotatable bonds is 4. The fraction of sp³-hybridized carbons (Fsp3) is 0.786. The van der Waals surface area contributed by atoms with E-state index in [0.717, 1.165) is 6.54 Å². The van der Waals surface area contributed by atoms with Gasteiger partial charge in [0.25, 0.3) is 0 Å². The first-order valence-corrected chi connectivity index (χ1v) is 7.93. The predicted molar refractivity (Wildman–Crippen MR) is 79.5 cm³/mol. The molecule has 0 bridgehead atoms. The maximum absolute atomic E-state index is 4.76. The van der Waals surface area contributed by atoms with E-state index >= 15 is 0 Å². The van der Waals surface area contributed by atoms with E-state index in [0.29, 0.717) is 6.04 Å². The van der Waals surface area contributed by atoms with Crippen molar-refractivity contribution in [2.24, 2.45) is 0 Å². The molecule has 0 unspecified atom stereocenters. The first-order chi connectivity index (χ1) is 8.66. The summed E-state index contributed by atoms with van der Waals surface area (Å²) in [5, 5.41) is 4.71. The molecule has 1 fully saturated rings. The molecule has 0 radical (unpaired) electrons. The summed E-state index contributed by atoms with van der Waals surface area (Å²) in [5.74, 6) is 0. The molecule has 0 spiro atoms. The van der Waals surface area contributed by atoms with Crippen LogP contribution in [-0.4, -0.2) is 24.1 Å². The van der Waals surface area contributed by atoms with E-state index < -0.39 is 0 Å². The summed E-state index contributed by atoms with van der Waals surface area (Å²) < 4.78 is 0. The van der Waals surface area contributed by atoms with E-state index in [9.17, 15) is 0 Å². The van der Waals surface area contributed by atoms with Gasteiger partial charge in [-0.05, 0) is 19.8 Å². The Morgan fingerprint density at radius 3 is 2.50 bits per heavy atom. The minimum absolute atomic E-state index is 0.535. The minimum atomic E-state index is 0.535. The van der Waals surface area contributed by atoms with Crippen molar-refractivity contribution in [3.05, 3.63) is 10.6 Å². The van der Waals surface area contributed by atoms with Gasteiger partial charge in [-0.2, -0.15) is 0 Å². The number of thiazole rings is 1. The quantitative estimate of drug-likeness (QED) is 0.907. The Kier molecular flexibility index (Phi) is 5.01. The van der Waals surface area contributed by atoms with Gasteiger partial charge in [0, 0.05) is 30.6 Å². The highest BCUT2D eigenvalue weighted by Crippen LogP contribution is 2.27. The van der Waals surface area contributed by atoms with Gasteiger partial charge in [0.2, 0.25) is 0 Å². The van der Waals surface area contributed by atoms with Crippen LogP contribution < -0.4 is 10.2 Å². The maximum atomic E-state index is 4.76. The minimum Gasteiger partial charge on any atom is -0.348 e. The zero-order chi connectivity index (χ0) is 13.0. The highest BCUT2D eigenvalue weighted by molar-refractivity contribution is 7.15. The normalized spacial score (nSPS) is 17.2. The Hall–Kier alpha value is -0.610. The van der Waals surface area contributed by atoms with Crippen LogP contribution >= 0.6 is 11.3 Å². The maximum Gasteiger partial charge on any atom is 0.185 e. The van der Waals surface area contributed by atoms with Crippen LogP contribution in [0.15, 0.2) is 0 Å². The SMILES string of the molecule is Cc1nc(N2CCCCCC2)sc1CNC(C)C. The van der Waals surface area contributed by atoms with Gasteiger partial charge in [-0.25, -0.2) is 4.98 Å². The first kappa shape index (κ1) is 13.8. The van der Waals surface area contributed by atoms with Crippen LogP contribution in [0.5, 0.6) is 0 Å². The van der Waals surface area contributed by atoms with Crippen LogP contribution in [0.1, 0.15) is 50.1 Å². The van der Waals surface area contributed by atoms with E-state index in [1.165, 1.54) is 54.5 Å². The standard InChI is InChI=1S/C14H25N3S/c1-11(2)15-10-13-12(3)16-14(18-13)17-8-6-4-5-7-9-17/h11,15H,4-10H2,1-3H3. The second-order valence-electron chi connectivity index (χ2n) is 5.44. The van der Waals surface area contributed by atoms with Crippen LogP contribution in [-0.2, 0) is 6.54 Å². The molecule has 2 rings (SSSR count). The molecule has 1 N–H and O–H groups in total. The lowest BCUT2D eigenvalue weighted by atomic mass is 10.2. The zero-order valence-corrected chi connectivity index (χ0v) is 12.6. The van der Waals surface area contributed by atoms with E-state index in [1.807, 2.05) is 11.3 Å². The third kappa shape index (κ3) is 3.69. The van der Waals surface area contributed by atoms with Gasteiger partial charge in [-0.3, -0.25) is 0 Å². The molecule has 1 aromatic rings. The molecule has 1 aliphatic heterocycles. The van der Waals surface area contributed by atoms with Gasteiger partial charge < -0.3 is 10.2 Å². The number of hydrogen-bond donors (Lipinski definition) is 1. The number of hydrogen-bond acceptors (Lipinski definition) is 4. The molecular formula is C14H25N3S. The van der Waals surface area contributed by atoms with Crippen molar-refractivity contribution < 1.29 is 0 Å². The van der Waals surface area contributed by atoms with Crippen molar-refractivity contribution in [3.63, 3.8) is 0 Å². The van der Waals surface area contributed by atoms with E-state index in [1.54, 1.807) is 0 Å². The molecule has 102 valence electrons. The molecule has 1 aromatic heterocycles. The molecule has 0 aliphatic carbocycles. The van der Waals surface area contributed by atoms with Gasteiger partial charge in [0.1, 0.15) is 0 Å². The van der Waals surface area contributed by atoms with Crippen LogP contribution in [0.3, 0.4) is 0 Å². The van der Waals surface area contributed by atoms with Gasteiger partial charge in [-0.15, -0.1) is 11.3 Å². The molecule has 0 atom stereocenters. The number of anilines is 1. The zero-order valence-electron chi connectivity index (χ0n) is 11.8. The molecule has 2 heterocycles.